The van der Waals surface area contributed by atoms with Gasteiger partial charge in [-0.25, -0.2) is 13.1 Å². The number of piperidine rings is 1. The maximum atomic E-state index is 12.9. The number of benzene rings is 2. The average molecular weight is 346 g/mol. The second-order valence-corrected chi connectivity index (χ2v) is 8.16. The Morgan fingerprint density at radius 2 is 1.92 bits per heavy atom. The number of rotatable bonds is 4. The van der Waals surface area contributed by atoms with Crippen LogP contribution < -0.4 is 4.72 Å². The molecule has 1 saturated heterocycles. The zero-order valence-electron chi connectivity index (χ0n) is 13.7. The summed E-state index contributed by atoms with van der Waals surface area (Å²) < 4.78 is 25.2. The van der Waals surface area contributed by atoms with Crippen LogP contribution in [0.15, 0.2) is 42.5 Å². The summed E-state index contributed by atoms with van der Waals surface area (Å²) in [5.74, 6) is -0.0271. The minimum absolute atomic E-state index is 0.0271. The zero-order valence-corrected chi connectivity index (χ0v) is 14.6. The van der Waals surface area contributed by atoms with Crippen molar-refractivity contribution in [1.82, 2.24) is 9.62 Å². The number of hydrogen-bond donors (Lipinski definition) is 1. The Balaban J connectivity index is 1.82. The fraction of sp³-hybridized carbons (Fsp3) is 0.389. The van der Waals surface area contributed by atoms with E-state index >= 15 is 0 Å². The molecule has 1 aliphatic heterocycles. The third-order valence-corrected chi connectivity index (χ3v) is 5.16. The van der Waals surface area contributed by atoms with Gasteiger partial charge in [-0.2, -0.15) is 0 Å². The number of amides is 1. The van der Waals surface area contributed by atoms with Crippen LogP contribution >= 0.6 is 0 Å². The number of carbonyl (C=O) groups is 1. The van der Waals surface area contributed by atoms with Crippen LogP contribution in [0, 0.1) is 0 Å². The van der Waals surface area contributed by atoms with Gasteiger partial charge in [0.05, 0.1) is 6.26 Å². The minimum atomic E-state index is -3.25. The first-order valence-corrected chi connectivity index (χ1v) is 10.1. The SMILES string of the molecule is CS(=O)(=O)NC[C@@H]1CCCCN1C(=O)c1ccc2ccccc2c1. The molecule has 0 bridgehead atoms. The van der Waals surface area contributed by atoms with Gasteiger partial charge < -0.3 is 4.90 Å². The molecule has 2 aromatic rings. The summed E-state index contributed by atoms with van der Waals surface area (Å²) in [5.41, 5.74) is 0.653. The van der Waals surface area contributed by atoms with Crippen LogP contribution in [0.5, 0.6) is 0 Å². The summed E-state index contributed by atoms with van der Waals surface area (Å²) in [6.45, 7) is 0.944. The number of nitrogens with one attached hydrogen (secondary N) is 1. The van der Waals surface area contributed by atoms with E-state index in [9.17, 15) is 13.2 Å². The highest BCUT2D eigenvalue weighted by Crippen LogP contribution is 2.22. The van der Waals surface area contributed by atoms with Crippen molar-refractivity contribution in [3.8, 4) is 0 Å². The van der Waals surface area contributed by atoms with Gasteiger partial charge in [0.1, 0.15) is 0 Å². The van der Waals surface area contributed by atoms with Gasteiger partial charge in [0.2, 0.25) is 10.0 Å². The van der Waals surface area contributed by atoms with Gasteiger partial charge in [-0.3, -0.25) is 4.79 Å². The summed E-state index contributed by atoms with van der Waals surface area (Å²) in [4.78, 5) is 14.7. The van der Waals surface area contributed by atoms with E-state index in [4.69, 9.17) is 0 Å². The first kappa shape index (κ1) is 16.9. The molecule has 128 valence electrons. The van der Waals surface area contributed by atoms with Crippen molar-refractivity contribution in [3.63, 3.8) is 0 Å². The highest BCUT2D eigenvalue weighted by atomic mass is 32.2. The second-order valence-electron chi connectivity index (χ2n) is 6.33. The van der Waals surface area contributed by atoms with Gasteiger partial charge in [0, 0.05) is 24.7 Å². The van der Waals surface area contributed by atoms with E-state index in [-0.39, 0.29) is 18.5 Å². The molecule has 1 heterocycles. The Kier molecular flexibility index (Phi) is 4.87. The summed E-state index contributed by atoms with van der Waals surface area (Å²) >= 11 is 0. The van der Waals surface area contributed by atoms with Gasteiger partial charge >= 0.3 is 0 Å². The van der Waals surface area contributed by atoms with Crippen molar-refractivity contribution in [3.05, 3.63) is 48.0 Å². The van der Waals surface area contributed by atoms with Gasteiger partial charge in [0.25, 0.3) is 5.91 Å². The number of fused-ring (bicyclic) bond motifs is 1. The molecule has 0 unspecified atom stereocenters. The van der Waals surface area contributed by atoms with E-state index < -0.39 is 10.0 Å². The maximum Gasteiger partial charge on any atom is 0.254 e. The highest BCUT2D eigenvalue weighted by molar-refractivity contribution is 7.88. The monoisotopic (exact) mass is 346 g/mol. The van der Waals surface area contributed by atoms with Gasteiger partial charge in [-0.05, 0) is 42.2 Å². The Morgan fingerprint density at radius 1 is 1.17 bits per heavy atom. The minimum Gasteiger partial charge on any atom is -0.334 e. The van der Waals surface area contributed by atoms with Crippen LogP contribution in [0.3, 0.4) is 0 Å². The predicted molar refractivity (Wildman–Crippen MR) is 95.5 cm³/mol. The van der Waals surface area contributed by atoms with Crippen molar-refractivity contribution in [1.29, 1.82) is 0 Å². The van der Waals surface area contributed by atoms with Crippen LogP contribution in [-0.4, -0.2) is 44.6 Å². The molecule has 1 amide bonds. The summed E-state index contributed by atoms with van der Waals surface area (Å²) in [6, 6.07) is 13.6. The molecule has 6 heteroatoms. The standard InChI is InChI=1S/C18H22N2O3S/c1-24(22,23)19-13-17-8-4-5-11-20(17)18(21)16-10-9-14-6-2-3-7-15(14)12-16/h2-3,6-7,9-10,12,17,19H,4-5,8,11,13H2,1H3/t17-/m0/s1. The highest BCUT2D eigenvalue weighted by Gasteiger charge is 2.28. The van der Waals surface area contributed by atoms with E-state index in [0.29, 0.717) is 12.1 Å². The Labute approximate surface area is 142 Å². The lowest BCUT2D eigenvalue weighted by molar-refractivity contribution is 0.0619. The van der Waals surface area contributed by atoms with Gasteiger partial charge in [0.15, 0.2) is 0 Å². The van der Waals surface area contributed by atoms with Crippen LogP contribution in [0.25, 0.3) is 10.8 Å². The summed E-state index contributed by atoms with van der Waals surface area (Å²) in [7, 11) is -3.25. The van der Waals surface area contributed by atoms with Crippen LogP contribution in [0.2, 0.25) is 0 Å². The third-order valence-electron chi connectivity index (χ3n) is 4.47. The topological polar surface area (TPSA) is 66.5 Å². The molecule has 3 rings (SSSR count). The predicted octanol–water partition coefficient (Wildman–Crippen LogP) is 2.38. The number of nitrogens with zero attached hydrogens (tertiary/aromatic N) is 1. The van der Waals surface area contributed by atoms with Crippen molar-refractivity contribution < 1.29 is 13.2 Å². The molecule has 5 nitrogen and oxygen atoms in total. The average Bonchev–Trinajstić information content (AvgIpc) is 2.58. The zero-order chi connectivity index (χ0) is 17.2. The van der Waals surface area contributed by atoms with E-state index in [2.05, 4.69) is 4.72 Å². The third kappa shape index (κ3) is 3.94. The lowest BCUT2D eigenvalue weighted by Gasteiger charge is -2.36. The maximum absolute atomic E-state index is 12.9. The molecule has 1 atom stereocenters. The van der Waals surface area contributed by atoms with Crippen LogP contribution in [0.1, 0.15) is 29.6 Å². The van der Waals surface area contributed by atoms with Crippen molar-refractivity contribution in [2.75, 3.05) is 19.3 Å². The van der Waals surface area contributed by atoms with E-state index in [1.807, 2.05) is 47.4 Å². The number of likely N-dealkylation sites (tertiary alicyclic amines) is 1. The van der Waals surface area contributed by atoms with Gasteiger partial charge in [-0.15, -0.1) is 0 Å². The molecule has 0 saturated carbocycles. The fourth-order valence-electron chi connectivity index (χ4n) is 3.22. The fourth-order valence-corrected chi connectivity index (χ4v) is 3.71. The number of sulfonamides is 1. The smallest absolute Gasteiger partial charge is 0.254 e. The summed E-state index contributed by atoms with van der Waals surface area (Å²) in [5, 5.41) is 2.13. The van der Waals surface area contributed by atoms with Crippen molar-refractivity contribution in [2.24, 2.45) is 0 Å². The lowest BCUT2D eigenvalue weighted by Crippen LogP contribution is -2.49. The molecule has 24 heavy (non-hydrogen) atoms. The first-order valence-electron chi connectivity index (χ1n) is 8.18. The Morgan fingerprint density at radius 3 is 2.67 bits per heavy atom. The molecule has 0 aromatic heterocycles. The first-order chi connectivity index (χ1) is 11.4. The van der Waals surface area contributed by atoms with Crippen molar-refractivity contribution in [2.45, 2.75) is 25.3 Å². The Hall–Kier alpha value is -1.92. The number of hydrogen-bond acceptors (Lipinski definition) is 3. The molecule has 1 fully saturated rings. The van der Waals surface area contributed by atoms with Gasteiger partial charge in [-0.1, -0.05) is 30.3 Å². The lowest BCUT2D eigenvalue weighted by atomic mass is 10.00. The summed E-state index contributed by atoms with van der Waals surface area (Å²) in [6.07, 6.45) is 3.93. The van der Waals surface area contributed by atoms with E-state index in [0.717, 1.165) is 36.3 Å². The molecular weight excluding hydrogens is 324 g/mol. The molecule has 0 spiro atoms. The van der Waals surface area contributed by atoms with E-state index in [1.54, 1.807) is 0 Å². The molecular formula is C18H22N2O3S. The molecule has 1 aliphatic rings. The van der Waals surface area contributed by atoms with Crippen molar-refractivity contribution >= 4 is 26.7 Å². The molecule has 0 radical (unpaired) electrons. The largest absolute Gasteiger partial charge is 0.334 e. The molecule has 0 aliphatic carbocycles. The van der Waals surface area contributed by atoms with Crippen LogP contribution in [-0.2, 0) is 10.0 Å². The normalized spacial score (nSPS) is 18.7. The van der Waals surface area contributed by atoms with Crippen LogP contribution in [0.4, 0.5) is 0 Å². The van der Waals surface area contributed by atoms with E-state index in [1.165, 1.54) is 0 Å². The second kappa shape index (κ2) is 6.91. The molecule has 1 N–H and O–H groups in total. The quantitative estimate of drug-likeness (QED) is 0.924. The number of carbonyl (C=O) groups excluding carboxylic acids is 1. The molecule has 2 aromatic carbocycles. The Bertz CT molecular complexity index is 848.